The van der Waals surface area contributed by atoms with Gasteiger partial charge in [-0.15, -0.1) is 11.8 Å². The normalized spacial score (nSPS) is 16.7. The molecule has 2 aromatic rings. The Morgan fingerprint density at radius 2 is 1.96 bits per heavy atom. The first-order valence-electron chi connectivity index (χ1n) is 7.23. The van der Waals surface area contributed by atoms with Crippen molar-refractivity contribution in [2.24, 2.45) is 0 Å². The summed E-state index contributed by atoms with van der Waals surface area (Å²) in [6.07, 6.45) is 0.227. The van der Waals surface area contributed by atoms with E-state index >= 15 is 0 Å². The lowest BCUT2D eigenvalue weighted by Crippen LogP contribution is -2.35. The largest absolute Gasteiger partial charge is 0.326 e. The summed E-state index contributed by atoms with van der Waals surface area (Å²) in [5.74, 6) is 0.621. The van der Waals surface area contributed by atoms with E-state index in [-0.39, 0.29) is 17.2 Å². The molecule has 4 rings (SSSR count). The van der Waals surface area contributed by atoms with Crippen LogP contribution in [0.3, 0.4) is 0 Å². The molecule has 1 N–H and O–H groups in total. The molecule has 0 unspecified atom stereocenters. The highest BCUT2D eigenvalue weighted by atomic mass is 32.2. The number of nitrogens with zero attached hydrogens (tertiary/aromatic N) is 1. The number of amides is 1. The van der Waals surface area contributed by atoms with E-state index in [2.05, 4.69) is 5.32 Å². The molecule has 0 bridgehead atoms. The maximum Gasteiger partial charge on any atom is 0.264 e. The second-order valence-corrected chi connectivity index (χ2v) is 8.44. The topological polar surface area (TPSA) is 66.5 Å². The van der Waals surface area contributed by atoms with E-state index in [9.17, 15) is 13.2 Å². The van der Waals surface area contributed by atoms with Crippen LogP contribution < -0.4 is 9.62 Å². The fourth-order valence-corrected chi connectivity index (χ4v) is 5.59. The fourth-order valence-electron chi connectivity index (χ4n) is 2.89. The van der Waals surface area contributed by atoms with E-state index in [1.54, 1.807) is 30.0 Å². The molecule has 5 nitrogen and oxygen atoms in total. The van der Waals surface area contributed by atoms with Gasteiger partial charge < -0.3 is 5.32 Å². The number of sulfonamides is 1. The predicted octanol–water partition coefficient (Wildman–Crippen LogP) is 2.48. The van der Waals surface area contributed by atoms with Gasteiger partial charge in [-0.3, -0.25) is 9.10 Å². The number of para-hydroxylation sites is 1. The van der Waals surface area contributed by atoms with Crippen molar-refractivity contribution in [3.63, 3.8) is 0 Å². The van der Waals surface area contributed by atoms with Gasteiger partial charge in [0.25, 0.3) is 10.0 Å². The summed E-state index contributed by atoms with van der Waals surface area (Å²) in [7, 11) is -3.63. The van der Waals surface area contributed by atoms with E-state index in [4.69, 9.17) is 0 Å². The van der Waals surface area contributed by atoms with Crippen molar-refractivity contribution >= 4 is 39.1 Å². The first-order valence-corrected chi connectivity index (χ1v) is 9.65. The Hall–Kier alpha value is -1.99. The molecule has 0 fully saturated rings. The fraction of sp³-hybridized carbons (Fsp3) is 0.188. The third kappa shape index (κ3) is 2.40. The highest BCUT2D eigenvalue weighted by Crippen LogP contribution is 2.38. The van der Waals surface area contributed by atoms with Crippen molar-refractivity contribution in [3.05, 3.63) is 48.0 Å². The maximum absolute atomic E-state index is 13.0. The summed E-state index contributed by atoms with van der Waals surface area (Å²) in [5, 5.41) is 2.72. The standard InChI is InChI=1S/C16H14N2O3S2/c19-16-10-11-9-12(5-6-13(11)17-16)23(20,21)18-7-8-22-15-4-2-1-3-14(15)18/h1-6,9H,7-8,10H2,(H,17,19). The predicted molar refractivity (Wildman–Crippen MR) is 90.5 cm³/mol. The minimum atomic E-state index is -3.63. The van der Waals surface area contributed by atoms with E-state index in [1.807, 2.05) is 24.3 Å². The van der Waals surface area contributed by atoms with E-state index in [0.717, 1.165) is 21.9 Å². The van der Waals surface area contributed by atoms with Gasteiger partial charge in [-0.05, 0) is 35.9 Å². The van der Waals surface area contributed by atoms with E-state index in [1.165, 1.54) is 4.31 Å². The molecule has 2 heterocycles. The summed E-state index contributed by atoms with van der Waals surface area (Å²) < 4.78 is 27.5. The molecule has 0 radical (unpaired) electrons. The summed E-state index contributed by atoms with van der Waals surface area (Å²) in [5.41, 5.74) is 2.15. The second kappa shape index (κ2) is 5.28. The molecule has 23 heavy (non-hydrogen) atoms. The molecule has 2 aliphatic rings. The first kappa shape index (κ1) is 14.6. The van der Waals surface area contributed by atoms with Crippen LogP contribution in [0.2, 0.25) is 0 Å². The second-order valence-electron chi connectivity index (χ2n) is 5.44. The number of carbonyl (C=O) groups is 1. The van der Waals surface area contributed by atoms with Gasteiger partial charge in [-0.25, -0.2) is 8.42 Å². The summed E-state index contributed by atoms with van der Waals surface area (Å²) in [6, 6.07) is 12.4. The van der Waals surface area contributed by atoms with Gasteiger partial charge in [0.15, 0.2) is 0 Å². The number of thioether (sulfide) groups is 1. The van der Waals surface area contributed by atoms with Crippen molar-refractivity contribution in [1.82, 2.24) is 0 Å². The smallest absolute Gasteiger partial charge is 0.264 e. The molecule has 0 aromatic heterocycles. The van der Waals surface area contributed by atoms with Crippen LogP contribution in [0.15, 0.2) is 52.3 Å². The van der Waals surface area contributed by atoms with Crippen molar-refractivity contribution in [1.29, 1.82) is 0 Å². The van der Waals surface area contributed by atoms with Gasteiger partial charge in [-0.2, -0.15) is 0 Å². The van der Waals surface area contributed by atoms with Gasteiger partial charge in [-0.1, -0.05) is 12.1 Å². The van der Waals surface area contributed by atoms with Gasteiger partial charge in [0, 0.05) is 22.9 Å². The third-order valence-corrected chi connectivity index (χ3v) is 6.83. The van der Waals surface area contributed by atoms with Crippen LogP contribution in [-0.4, -0.2) is 26.6 Å². The quantitative estimate of drug-likeness (QED) is 0.907. The SMILES string of the molecule is O=C1Cc2cc(S(=O)(=O)N3CCSc4ccccc43)ccc2N1. The number of hydrogen-bond donors (Lipinski definition) is 1. The minimum absolute atomic E-state index is 0.103. The lowest BCUT2D eigenvalue weighted by molar-refractivity contribution is -0.115. The van der Waals surface area contributed by atoms with E-state index < -0.39 is 10.0 Å². The van der Waals surface area contributed by atoms with Gasteiger partial charge in [0.05, 0.1) is 17.0 Å². The molecular formula is C16H14N2O3S2. The Morgan fingerprint density at radius 1 is 1.13 bits per heavy atom. The average Bonchev–Trinajstić information content (AvgIpc) is 2.93. The number of carbonyl (C=O) groups excluding carboxylic acids is 1. The zero-order chi connectivity index (χ0) is 16.0. The van der Waals surface area contributed by atoms with Crippen molar-refractivity contribution in [2.45, 2.75) is 16.2 Å². The van der Waals surface area contributed by atoms with Crippen LogP contribution in [0.5, 0.6) is 0 Å². The number of nitrogens with one attached hydrogen (secondary N) is 1. The Bertz CT molecular complexity index is 909. The molecule has 2 aromatic carbocycles. The lowest BCUT2D eigenvalue weighted by atomic mass is 10.2. The van der Waals surface area contributed by atoms with E-state index in [0.29, 0.717) is 12.2 Å². The molecular weight excluding hydrogens is 332 g/mol. The average molecular weight is 346 g/mol. The number of anilines is 2. The van der Waals surface area contributed by atoms with Crippen LogP contribution >= 0.6 is 11.8 Å². The molecule has 0 saturated carbocycles. The molecule has 0 atom stereocenters. The highest BCUT2D eigenvalue weighted by Gasteiger charge is 2.30. The molecule has 1 amide bonds. The molecule has 7 heteroatoms. The maximum atomic E-state index is 13.0. The number of hydrogen-bond acceptors (Lipinski definition) is 4. The Labute approximate surface area is 138 Å². The number of benzene rings is 2. The monoisotopic (exact) mass is 346 g/mol. The van der Waals surface area contributed by atoms with Crippen molar-refractivity contribution < 1.29 is 13.2 Å². The van der Waals surface area contributed by atoms with Crippen molar-refractivity contribution in [3.8, 4) is 0 Å². The van der Waals surface area contributed by atoms with Gasteiger partial charge in [0.1, 0.15) is 0 Å². The summed E-state index contributed by atoms with van der Waals surface area (Å²) in [4.78, 5) is 12.7. The van der Waals surface area contributed by atoms with Gasteiger partial charge >= 0.3 is 0 Å². The first-order chi connectivity index (χ1) is 11.1. The van der Waals surface area contributed by atoms with Crippen LogP contribution in [0.1, 0.15) is 5.56 Å². The minimum Gasteiger partial charge on any atom is -0.326 e. The summed E-state index contributed by atoms with van der Waals surface area (Å²) in [6.45, 7) is 0.443. The van der Waals surface area contributed by atoms with Crippen LogP contribution in [-0.2, 0) is 21.2 Å². The zero-order valence-corrected chi connectivity index (χ0v) is 13.8. The van der Waals surface area contributed by atoms with Crippen LogP contribution in [0.25, 0.3) is 0 Å². The van der Waals surface area contributed by atoms with Gasteiger partial charge in [0.2, 0.25) is 5.91 Å². The molecule has 0 saturated heterocycles. The zero-order valence-electron chi connectivity index (χ0n) is 12.2. The molecule has 0 aliphatic carbocycles. The molecule has 2 aliphatic heterocycles. The molecule has 0 spiro atoms. The number of fused-ring (bicyclic) bond motifs is 2. The highest BCUT2D eigenvalue weighted by molar-refractivity contribution is 8.00. The van der Waals surface area contributed by atoms with Crippen molar-refractivity contribution in [2.75, 3.05) is 21.9 Å². The lowest BCUT2D eigenvalue weighted by Gasteiger charge is -2.30. The Kier molecular flexibility index (Phi) is 3.35. The summed E-state index contributed by atoms with van der Waals surface area (Å²) >= 11 is 1.66. The van der Waals surface area contributed by atoms with Crippen LogP contribution in [0.4, 0.5) is 11.4 Å². The molecule has 118 valence electrons. The van der Waals surface area contributed by atoms with Crippen LogP contribution in [0, 0.1) is 0 Å². The Morgan fingerprint density at radius 3 is 2.83 bits per heavy atom. The number of rotatable bonds is 2. The third-order valence-electron chi connectivity index (χ3n) is 3.98. The Balaban J connectivity index is 1.78.